The minimum absolute atomic E-state index is 0.0533. The highest BCUT2D eigenvalue weighted by Crippen LogP contribution is 2.20. The van der Waals surface area contributed by atoms with Crippen LogP contribution >= 0.6 is 0 Å². The SMILES string of the molecule is CC(N)CC(=O)Nc1ccc(-c2ccccc2)cc1. The maximum Gasteiger partial charge on any atom is 0.225 e. The maximum absolute atomic E-state index is 11.6. The monoisotopic (exact) mass is 254 g/mol. The topological polar surface area (TPSA) is 55.1 Å². The number of hydrogen-bond acceptors (Lipinski definition) is 2. The Morgan fingerprint density at radius 3 is 2.21 bits per heavy atom. The first kappa shape index (κ1) is 13.3. The third-order valence-corrected chi connectivity index (χ3v) is 2.78. The number of benzene rings is 2. The van der Waals surface area contributed by atoms with Gasteiger partial charge >= 0.3 is 0 Å². The van der Waals surface area contributed by atoms with Gasteiger partial charge in [-0.05, 0) is 30.2 Å². The van der Waals surface area contributed by atoms with E-state index in [1.807, 2.05) is 49.4 Å². The van der Waals surface area contributed by atoms with Gasteiger partial charge in [0.15, 0.2) is 0 Å². The van der Waals surface area contributed by atoms with Crippen molar-refractivity contribution in [1.29, 1.82) is 0 Å². The molecule has 0 aliphatic rings. The molecule has 2 aromatic rings. The van der Waals surface area contributed by atoms with E-state index in [-0.39, 0.29) is 11.9 Å². The van der Waals surface area contributed by atoms with Gasteiger partial charge in [0.2, 0.25) is 5.91 Å². The van der Waals surface area contributed by atoms with Crippen molar-refractivity contribution in [3.8, 4) is 11.1 Å². The molecular formula is C16H18N2O. The van der Waals surface area contributed by atoms with Gasteiger partial charge in [-0.2, -0.15) is 0 Å². The van der Waals surface area contributed by atoms with Gasteiger partial charge in [0.25, 0.3) is 0 Å². The van der Waals surface area contributed by atoms with Crippen molar-refractivity contribution < 1.29 is 4.79 Å². The molecule has 19 heavy (non-hydrogen) atoms. The number of nitrogens with one attached hydrogen (secondary N) is 1. The van der Waals surface area contributed by atoms with Gasteiger partial charge < -0.3 is 11.1 Å². The molecule has 1 unspecified atom stereocenters. The molecule has 1 atom stereocenters. The summed E-state index contributed by atoms with van der Waals surface area (Å²) in [5.74, 6) is -0.0533. The van der Waals surface area contributed by atoms with Crippen molar-refractivity contribution in [3.05, 3.63) is 54.6 Å². The van der Waals surface area contributed by atoms with Crippen LogP contribution in [0, 0.1) is 0 Å². The molecule has 0 radical (unpaired) electrons. The van der Waals surface area contributed by atoms with E-state index < -0.39 is 0 Å². The van der Waals surface area contributed by atoms with E-state index in [1.54, 1.807) is 0 Å². The van der Waals surface area contributed by atoms with Crippen molar-refractivity contribution in [2.24, 2.45) is 5.73 Å². The van der Waals surface area contributed by atoms with Crippen LogP contribution in [0.15, 0.2) is 54.6 Å². The number of carbonyl (C=O) groups is 1. The second-order valence-corrected chi connectivity index (χ2v) is 4.67. The zero-order valence-electron chi connectivity index (χ0n) is 11.0. The summed E-state index contributed by atoms with van der Waals surface area (Å²) in [7, 11) is 0. The molecule has 0 spiro atoms. The van der Waals surface area contributed by atoms with Crippen LogP contribution in [0.5, 0.6) is 0 Å². The van der Waals surface area contributed by atoms with Gasteiger partial charge in [-0.25, -0.2) is 0 Å². The van der Waals surface area contributed by atoms with E-state index in [1.165, 1.54) is 0 Å². The highest BCUT2D eigenvalue weighted by Gasteiger charge is 2.05. The molecule has 3 nitrogen and oxygen atoms in total. The van der Waals surface area contributed by atoms with Gasteiger partial charge in [-0.15, -0.1) is 0 Å². The predicted molar refractivity (Wildman–Crippen MR) is 78.8 cm³/mol. The lowest BCUT2D eigenvalue weighted by atomic mass is 10.1. The van der Waals surface area contributed by atoms with Gasteiger partial charge in [0.1, 0.15) is 0 Å². The number of amides is 1. The lowest BCUT2D eigenvalue weighted by molar-refractivity contribution is -0.116. The summed E-state index contributed by atoms with van der Waals surface area (Å²) >= 11 is 0. The molecule has 0 aliphatic carbocycles. The van der Waals surface area contributed by atoms with Crippen LogP contribution in [0.25, 0.3) is 11.1 Å². The summed E-state index contributed by atoms with van der Waals surface area (Å²) in [6.07, 6.45) is 0.334. The third-order valence-electron chi connectivity index (χ3n) is 2.78. The van der Waals surface area contributed by atoms with Gasteiger partial charge in [-0.1, -0.05) is 42.5 Å². The van der Waals surface area contributed by atoms with Crippen LogP contribution in [-0.4, -0.2) is 11.9 Å². The Hall–Kier alpha value is -2.13. The summed E-state index contributed by atoms with van der Waals surface area (Å²) in [5.41, 5.74) is 8.68. The van der Waals surface area contributed by atoms with Crippen LogP contribution < -0.4 is 11.1 Å². The molecule has 0 fully saturated rings. The van der Waals surface area contributed by atoms with E-state index in [0.717, 1.165) is 16.8 Å². The van der Waals surface area contributed by atoms with E-state index in [0.29, 0.717) is 6.42 Å². The van der Waals surface area contributed by atoms with Crippen molar-refractivity contribution in [1.82, 2.24) is 0 Å². The average molecular weight is 254 g/mol. The van der Waals surface area contributed by atoms with Crippen molar-refractivity contribution >= 4 is 11.6 Å². The molecule has 98 valence electrons. The minimum Gasteiger partial charge on any atom is -0.327 e. The quantitative estimate of drug-likeness (QED) is 0.881. The number of rotatable bonds is 4. The Labute approximate surface area is 113 Å². The van der Waals surface area contributed by atoms with Crippen LogP contribution in [-0.2, 0) is 4.79 Å². The average Bonchev–Trinajstić information content (AvgIpc) is 2.39. The number of hydrogen-bond donors (Lipinski definition) is 2. The molecular weight excluding hydrogens is 236 g/mol. The fraction of sp³-hybridized carbons (Fsp3) is 0.188. The number of anilines is 1. The lowest BCUT2D eigenvalue weighted by Gasteiger charge is -2.08. The van der Waals surface area contributed by atoms with Gasteiger partial charge in [0, 0.05) is 18.2 Å². The Morgan fingerprint density at radius 2 is 1.63 bits per heavy atom. The van der Waals surface area contributed by atoms with Crippen LogP contribution in [0.1, 0.15) is 13.3 Å². The Bertz CT molecular complexity index is 532. The fourth-order valence-corrected chi connectivity index (χ4v) is 1.88. The normalized spacial score (nSPS) is 11.9. The van der Waals surface area contributed by atoms with Gasteiger partial charge in [0.05, 0.1) is 0 Å². The van der Waals surface area contributed by atoms with E-state index in [2.05, 4.69) is 17.4 Å². The molecule has 3 N–H and O–H groups in total. The number of nitrogens with two attached hydrogens (primary N) is 1. The Balaban J connectivity index is 2.05. The van der Waals surface area contributed by atoms with Crippen molar-refractivity contribution in [3.63, 3.8) is 0 Å². The highest BCUT2D eigenvalue weighted by molar-refractivity contribution is 5.91. The molecule has 0 bridgehead atoms. The molecule has 0 aliphatic heterocycles. The first-order chi connectivity index (χ1) is 9.15. The predicted octanol–water partition coefficient (Wildman–Crippen LogP) is 3.03. The standard InChI is InChI=1S/C16H18N2O/c1-12(17)11-16(19)18-15-9-7-14(8-10-15)13-5-3-2-4-6-13/h2-10,12H,11,17H2,1H3,(H,18,19). The molecule has 1 amide bonds. The van der Waals surface area contributed by atoms with Crippen molar-refractivity contribution in [2.45, 2.75) is 19.4 Å². The molecule has 0 saturated heterocycles. The summed E-state index contributed by atoms with van der Waals surface area (Å²) in [4.78, 5) is 11.6. The summed E-state index contributed by atoms with van der Waals surface area (Å²) in [6.45, 7) is 1.82. The first-order valence-corrected chi connectivity index (χ1v) is 6.36. The minimum atomic E-state index is -0.122. The molecule has 0 saturated carbocycles. The first-order valence-electron chi connectivity index (χ1n) is 6.36. The van der Waals surface area contributed by atoms with Crippen LogP contribution in [0.3, 0.4) is 0 Å². The summed E-state index contributed by atoms with van der Waals surface area (Å²) in [6, 6.07) is 17.8. The fourth-order valence-electron chi connectivity index (χ4n) is 1.88. The summed E-state index contributed by atoms with van der Waals surface area (Å²) < 4.78 is 0. The molecule has 2 aromatic carbocycles. The van der Waals surface area contributed by atoms with Gasteiger partial charge in [-0.3, -0.25) is 4.79 Å². The highest BCUT2D eigenvalue weighted by atomic mass is 16.1. The molecule has 3 heteroatoms. The van der Waals surface area contributed by atoms with E-state index >= 15 is 0 Å². The maximum atomic E-state index is 11.6. The Kier molecular flexibility index (Phi) is 4.31. The van der Waals surface area contributed by atoms with Crippen LogP contribution in [0.4, 0.5) is 5.69 Å². The van der Waals surface area contributed by atoms with Crippen LogP contribution in [0.2, 0.25) is 0 Å². The lowest BCUT2D eigenvalue weighted by Crippen LogP contribution is -2.23. The largest absolute Gasteiger partial charge is 0.327 e. The zero-order valence-corrected chi connectivity index (χ0v) is 11.0. The third kappa shape index (κ3) is 3.93. The zero-order chi connectivity index (χ0) is 13.7. The second kappa shape index (κ2) is 6.16. The molecule has 0 aromatic heterocycles. The Morgan fingerprint density at radius 1 is 1.05 bits per heavy atom. The van der Waals surface area contributed by atoms with E-state index in [4.69, 9.17) is 5.73 Å². The smallest absolute Gasteiger partial charge is 0.225 e. The number of carbonyl (C=O) groups excluding carboxylic acids is 1. The second-order valence-electron chi connectivity index (χ2n) is 4.67. The molecule has 2 rings (SSSR count). The van der Waals surface area contributed by atoms with E-state index in [9.17, 15) is 4.79 Å². The van der Waals surface area contributed by atoms with Crippen molar-refractivity contribution in [2.75, 3.05) is 5.32 Å². The molecule has 0 heterocycles. The summed E-state index contributed by atoms with van der Waals surface area (Å²) in [5, 5.41) is 2.83.